The molecule has 3 N–H and O–H groups in total. The van der Waals surface area contributed by atoms with Gasteiger partial charge in [-0.3, -0.25) is 10.2 Å². The van der Waals surface area contributed by atoms with Crippen LogP contribution in [0.5, 0.6) is 0 Å². The molecule has 0 aliphatic carbocycles. The number of aryl methyl sites for hydroxylation is 1. The number of rotatable bonds is 3. The molecule has 0 bridgehead atoms. The molecule has 1 aromatic carbocycles. The van der Waals surface area contributed by atoms with Crippen LogP contribution >= 0.6 is 11.3 Å². The van der Waals surface area contributed by atoms with Gasteiger partial charge in [0.1, 0.15) is 4.88 Å². The van der Waals surface area contributed by atoms with E-state index >= 15 is 0 Å². The highest BCUT2D eigenvalue weighted by atomic mass is 32.1. The number of esters is 1. The number of amides is 3. The molecular weight excluding hydrogens is 318 g/mol. The second-order valence-corrected chi connectivity index (χ2v) is 5.42. The van der Waals surface area contributed by atoms with Gasteiger partial charge in [0.2, 0.25) is 0 Å². The van der Waals surface area contributed by atoms with Crippen LogP contribution in [0, 0.1) is 6.92 Å². The average Bonchev–Trinajstić information content (AvgIpc) is 3.00. The Labute approximate surface area is 136 Å². The Kier molecular flexibility index (Phi) is 5.32. The Balaban J connectivity index is 1.94. The fourth-order valence-electron chi connectivity index (χ4n) is 1.82. The van der Waals surface area contributed by atoms with E-state index in [4.69, 9.17) is 0 Å². The molecule has 0 saturated heterocycles. The Bertz CT molecular complexity index is 742. The minimum Gasteiger partial charge on any atom is -0.465 e. The van der Waals surface area contributed by atoms with Crippen LogP contribution in [0.3, 0.4) is 0 Å². The minimum atomic E-state index is -0.671. The average molecular weight is 333 g/mol. The van der Waals surface area contributed by atoms with Gasteiger partial charge in [-0.2, -0.15) is 0 Å². The number of urea groups is 1. The summed E-state index contributed by atoms with van der Waals surface area (Å²) in [6, 6.07) is 7.89. The van der Waals surface area contributed by atoms with E-state index < -0.39 is 17.9 Å². The smallest absolute Gasteiger partial charge is 0.350 e. The maximum Gasteiger partial charge on any atom is 0.350 e. The molecule has 2 aromatic rings. The van der Waals surface area contributed by atoms with Gasteiger partial charge in [0.15, 0.2) is 0 Å². The molecular formula is C15H15N3O4S. The second-order valence-electron chi connectivity index (χ2n) is 4.50. The first kappa shape index (κ1) is 16.5. The van der Waals surface area contributed by atoms with Gasteiger partial charge in [-0.1, -0.05) is 18.2 Å². The molecule has 7 nitrogen and oxygen atoms in total. The molecule has 0 aliphatic rings. The topological polar surface area (TPSA) is 96.5 Å². The quantitative estimate of drug-likeness (QED) is 0.593. The first-order chi connectivity index (χ1) is 11.0. The summed E-state index contributed by atoms with van der Waals surface area (Å²) in [7, 11) is 1.26. The van der Waals surface area contributed by atoms with Crippen molar-refractivity contribution in [1.82, 2.24) is 10.9 Å². The van der Waals surface area contributed by atoms with Crippen molar-refractivity contribution in [2.24, 2.45) is 0 Å². The van der Waals surface area contributed by atoms with Crippen molar-refractivity contribution in [3.63, 3.8) is 0 Å². The predicted molar refractivity (Wildman–Crippen MR) is 86.5 cm³/mol. The summed E-state index contributed by atoms with van der Waals surface area (Å²) >= 11 is 1.14. The van der Waals surface area contributed by atoms with Crippen molar-refractivity contribution in [1.29, 1.82) is 0 Å². The SMILES string of the molecule is COC(=O)c1sccc1NC(=O)NNC(=O)c1ccccc1C. The van der Waals surface area contributed by atoms with E-state index in [0.717, 1.165) is 16.9 Å². The molecule has 120 valence electrons. The predicted octanol–water partition coefficient (Wildman–Crippen LogP) is 2.31. The first-order valence-corrected chi connectivity index (χ1v) is 7.49. The van der Waals surface area contributed by atoms with Gasteiger partial charge in [0, 0.05) is 5.56 Å². The molecule has 0 atom stereocenters. The van der Waals surface area contributed by atoms with Crippen LogP contribution in [-0.2, 0) is 4.74 Å². The van der Waals surface area contributed by atoms with E-state index in [1.807, 2.05) is 6.07 Å². The molecule has 0 radical (unpaired) electrons. The molecule has 0 unspecified atom stereocenters. The van der Waals surface area contributed by atoms with Crippen molar-refractivity contribution < 1.29 is 19.1 Å². The van der Waals surface area contributed by atoms with Gasteiger partial charge in [-0.15, -0.1) is 11.3 Å². The number of carbonyl (C=O) groups is 3. The Morgan fingerprint density at radius 3 is 2.52 bits per heavy atom. The number of benzene rings is 1. The van der Waals surface area contributed by atoms with Crippen LogP contribution in [0.4, 0.5) is 10.5 Å². The molecule has 1 aromatic heterocycles. The number of carbonyl (C=O) groups excluding carboxylic acids is 3. The van der Waals surface area contributed by atoms with Gasteiger partial charge in [-0.05, 0) is 30.0 Å². The summed E-state index contributed by atoms with van der Waals surface area (Å²) in [5, 5.41) is 4.12. The van der Waals surface area contributed by atoms with Crippen LogP contribution in [0.1, 0.15) is 25.6 Å². The van der Waals surface area contributed by atoms with Crippen molar-refractivity contribution in [3.05, 3.63) is 51.7 Å². The van der Waals surface area contributed by atoms with Gasteiger partial charge in [0.25, 0.3) is 5.91 Å². The van der Waals surface area contributed by atoms with Crippen LogP contribution in [0.2, 0.25) is 0 Å². The molecule has 23 heavy (non-hydrogen) atoms. The summed E-state index contributed by atoms with van der Waals surface area (Å²) in [5.41, 5.74) is 6.09. The van der Waals surface area contributed by atoms with Crippen LogP contribution in [0.25, 0.3) is 0 Å². The number of thiophene rings is 1. The number of ether oxygens (including phenoxy) is 1. The molecule has 0 spiro atoms. The Hall–Kier alpha value is -2.87. The maximum atomic E-state index is 12.0. The van der Waals surface area contributed by atoms with E-state index in [9.17, 15) is 14.4 Å². The fraction of sp³-hybridized carbons (Fsp3) is 0.133. The highest BCUT2D eigenvalue weighted by molar-refractivity contribution is 7.12. The standard InChI is InChI=1S/C15H15N3O4S/c1-9-5-3-4-6-10(9)13(19)17-18-15(21)16-11-7-8-23-12(11)14(20)22-2/h3-8H,1-2H3,(H,17,19)(H2,16,18,21). The van der Waals surface area contributed by atoms with Crippen LogP contribution in [0.15, 0.2) is 35.7 Å². The Morgan fingerprint density at radius 1 is 1.09 bits per heavy atom. The van der Waals surface area contributed by atoms with Crippen molar-refractivity contribution in [2.45, 2.75) is 6.92 Å². The monoisotopic (exact) mass is 333 g/mol. The summed E-state index contributed by atoms with van der Waals surface area (Å²) in [6.45, 7) is 1.79. The van der Waals surface area contributed by atoms with E-state index in [1.165, 1.54) is 7.11 Å². The molecule has 1 heterocycles. The molecule has 0 aliphatic heterocycles. The van der Waals surface area contributed by atoms with E-state index in [0.29, 0.717) is 11.3 Å². The highest BCUT2D eigenvalue weighted by Crippen LogP contribution is 2.22. The van der Waals surface area contributed by atoms with Gasteiger partial charge in [0.05, 0.1) is 12.8 Å². The summed E-state index contributed by atoms with van der Waals surface area (Å²) in [6.07, 6.45) is 0. The fourth-order valence-corrected chi connectivity index (χ4v) is 2.59. The van der Waals surface area contributed by atoms with E-state index in [1.54, 1.807) is 36.6 Å². The zero-order valence-electron chi connectivity index (χ0n) is 12.5. The third-order valence-corrected chi connectivity index (χ3v) is 3.86. The number of hydrogen-bond donors (Lipinski definition) is 3. The molecule has 8 heteroatoms. The largest absolute Gasteiger partial charge is 0.465 e. The lowest BCUT2D eigenvalue weighted by Crippen LogP contribution is -2.44. The first-order valence-electron chi connectivity index (χ1n) is 6.61. The minimum absolute atomic E-state index is 0.271. The normalized spacial score (nSPS) is 9.83. The lowest BCUT2D eigenvalue weighted by molar-refractivity contribution is 0.0607. The van der Waals surface area contributed by atoms with Crippen LogP contribution < -0.4 is 16.2 Å². The van der Waals surface area contributed by atoms with E-state index in [-0.39, 0.29) is 4.88 Å². The van der Waals surface area contributed by atoms with Crippen molar-refractivity contribution in [2.75, 3.05) is 12.4 Å². The number of anilines is 1. The molecule has 3 amide bonds. The maximum absolute atomic E-state index is 12.0. The summed E-state index contributed by atoms with van der Waals surface area (Å²) in [4.78, 5) is 35.6. The highest BCUT2D eigenvalue weighted by Gasteiger charge is 2.16. The van der Waals surface area contributed by atoms with Crippen molar-refractivity contribution in [3.8, 4) is 0 Å². The zero-order chi connectivity index (χ0) is 16.8. The number of nitrogens with one attached hydrogen (secondary N) is 3. The second kappa shape index (κ2) is 7.41. The summed E-state index contributed by atoms with van der Waals surface area (Å²) < 4.78 is 4.62. The third-order valence-electron chi connectivity index (χ3n) is 2.96. The molecule has 0 fully saturated rings. The molecule has 2 rings (SSSR count). The summed E-state index contributed by atoms with van der Waals surface area (Å²) in [5.74, 6) is -0.976. The number of hydrazine groups is 1. The zero-order valence-corrected chi connectivity index (χ0v) is 13.3. The molecule has 0 saturated carbocycles. The van der Waals surface area contributed by atoms with Gasteiger partial charge >= 0.3 is 12.0 Å². The van der Waals surface area contributed by atoms with Crippen molar-refractivity contribution >= 4 is 34.9 Å². The lowest BCUT2D eigenvalue weighted by atomic mass is 10.1. The Morgan fingerprint density at radius 2 is 1.83 bits per heavy atom. The number of hydrogen-bond acceptors (Lipinski definition) is 5. The van der Waals surface area contributed by atoms with E-state index in [2.05, 4.69) is 20.9 Å². The van der Waals surface area contributed by atoms with Gasteiger partial charge in [-0.25, -0.2) is 15.0 Å². The third kappa shape index (κ3) is 4.07. The van der Waals surface area contributed by atoms with Gasteiger partial charge < -0.3 is 10.1 Å². The van der Waals surface area contributed by atoms with Crippen LogP contribution in [-0.4, -0.2) is 25.0 Å². The lowest BCUT2D eigenvalue weighted by Gasteiger charge is -2.10. The number of methoxy groups -OCH3 is 1.